The van der Waals surface area contributed by atoms with Gasteiger partial charge in [0, 0.05) is 6.61 Å². The quantitative estimate of drug-likeness (QED) is 0.899. The predicted molar refractivity (Wildman–Crippen MR) is 62.1 cm³/mol. The summed E-state index contributed by atoms with van der Waals surface area (Å²) in [5.41, 5.74) is -1.16. The fourth-order valence-electron chi connectivity index (χ4n) is 1.71. The standard InChI is InChI=1S/C13H17F3O2/c1-4-18-12(2,3)11(17)9-5-7-10(8-6-9)13(14,15)16/h5-8,11,17H,4H2,1-3H3. The average molecular weight is 262 g/mol. The molecule has 0 saturated carbocycles. The Morgan fingerprint density at radius 1 is 1.17 bits per heavy atom. The van der Waals surface area contributed by atoms with E-state index in [1.165, 1.54) is 12.1 Å². The lowest BCUT2D eigenvalue weighted by Gasteiger charge is -2.30. The van der Waals surface area contributed by atoms with E-state index in [0.717, 1.165) is 12.1 Å². The number of rotatable bonds is 4. The van der Waals surface area contributed by atoms with Gasteiger partial charge < -0.3 is 9.84 Å². The molecular formula is C13H17F3O2. The molecule has 1 unspecified atom stereocenters. The molecule has 0 aliphatic carbocycles. The molecule has 0 fully saturated rings. The first-order chi connectivity index (χ1) is 8.18. The number of ether oxygens (including phenoxy) is 1. The SMILES string of the molecule is CCOC(C)(C)C(O)c1ccc(C(F)(F)F)cc1. The Hall–Kier alpha value is -1.07. The van der Waals surface area contributed by atoms with Crippen LogP contribution in [0.3, 0.4) is 0 Å². The molecular weight excluding hydrogens is 245 g/mol. The molecule has 1 aromatic carbocycles. The van der Waals surface area contributed by atoms with Crippen LogP contribution >= 0.6 is 0 Å². The smallest absolute Gasteiger partial charge is 0.385 e. The Balaban J connectivity index is 2.92. The Labute approximate surface area is 104 Å². The normalized spacial score (nSPS) is 14.6. The molecule has 0 aliphatic heterocycles. The molecule has 2 nitrogen and oxygen atoms in total. The number of hydrogen-bond donors (Lipinski definition) is 1. The molecule has 1 rings (SSSR count). The molecule has 0 bridgehead atoms. The van der Waals surface area contributed by atoms with Crippen LogP contribution in [0.5, 0.6) is 0 Å². The first kappa shape index (κ1) is 15.0. The average Bonchev–Trinajstić information content (AvgIpc) is 2.27. The molecule has 0 radical (unpaired) electrons. The van der Waals surface area contributed by atoms with Crippen molar-refractivity contribution in [2.24, 2.45) is 0 Å². The lowest BCUT2D eigenvalue weighted by molar-refractivity contribution is -0.137. The number of halogens is 3. The highest BCUT2D eigenvalue weighted by Gasteiger charge is 2.32. The number of aliphatic hydroxyl groups is 1. The van der Waals surface area contributed by atoms with E-state index in [9.17, 15) is 18.3 Å². The Morgan fingerprint density at radius 2 is 1.67 bits per heavy atom. The Morgan fingerprint density at radius 3 is 2.06 bits per heavy atom. The molecule has 18 heavy (non-hydrogen) atoms. The van der Waals surface area contributed by atoms with Gasteiger partial charge in [0.25, 0.3) is 0 Å². The van der Waals surface area contributed by atoms with Gasteiger partial charge in [-0.2, -0.15) is 13.2 Å². The molecule has 102 valence electrons. The summed E-state index contributed by atoms with van der Waals surface area (Å²) in [6, 6.07) is 4.46. The zero-order chi connectivity index (χ0) is 14.0. The van der Waals surface area contributed by atoms with Gasteiger partial charge >= 0.3 is 6.18 Å². The zero-order valence-corrected chi connectivity index (χ0v) is 10.6. The van der Waals surface area contributed by atoms with Gasteiger partial charge in [-0.05, 0) is 38.5 Å². The Kier molecular flexibility index (Phi) is 4.40. The molecule has 0 aliphatic rings. The van der Waals surface area contributed by atoms with Crippen LogP contribution in [0.4, 0.5) is 13.2 Å². The van der Waals surface area contributed by atoms with Gasteiger partial charge in [-0.25, -0.2) is 0 Å². The van der Waals surface area contributed by atoms with Crippen molar-refractivity contribution >= 4 is 0 Å². The fourth-order valence-corrected chi connectivity index (χ4v) is 1.71. The Bertz CT molecular complexity index is 382. The van der Waals surface area contributed by atoms with Crippen molar-refractivity contribution in [1.82, 2.24) is 0 Å². The van der Waals surface area contributed by atoms with Crippen molar-refractivity contribution in [2.75, 3.05) is 6.61 Å². The van der Waals surface area contributed by atoms with Crippen molar-refractivity contribution in [1.29, 1.82) is 0 Å². The third-order valence-electron chi connectivity index (χ3n) is 2.73. The number of benzene rings is 1. The van der Waals surface area contributed by atoms with Crippen molar-refractivity contribution in [3.8, 4) is 0 Å². The van der Waals surface area contributed by atoms with Crippen LogP contribution in [0.2, 0.25) is 0 Å². The van der Waals surface area contributed by atoms with E-state index >= 15 is 0 Å². The minimum absolute atomic E-state index is 0.404. The largest absolute Gasteiger partial charge is 0.416 e. The first-order valence-corrected chi connectivity index (χ1v) is 5.67. The summed E-state index contributed by atoms with van der Waals surface area (Å²) in [6.07, 6.45) is -5.33. The molecule has 0 saturated heterocycles. The van der Waals surface area contributed by atoms with Gasteiger partial charge in [-0.3, -0.25) is 0 Å². The van der Waals surface area contributed by atoms with Crippen LogP contribution in [-0.4, -0.2) is 17.3 Å². The van der Waals surface area contributed by atoms with Crippen LogP contribution in [0, 0.1) is 0 Å². The highest BCUT2D eigenvalue weighted by Crippen LogP contribution is 2.32. The second kappa shape index (κ2) is 5.28. The van der Waals surface area contributed by atoms with E-state index in [1.54, 1.807) is 20.8 Å². The van der Waals surface area contributed by atoms with Gasteiger partial charge in [0.05, 0.1) is 11.2 Å². The van der Waals surface area contributed by atoms with E-state index < -0.39 is 23.4 Å². The molecule has 1 aromatic rings. The van der Waals surface area contributed by atoms with Crippen LogP contribution in [0.15, 0.2) is 24.3 Å². The van der Waals surface area contributed by atoms with Crippen molar-refractivity contribution < 1.29 is 23.0 Å². The highest BCUT2D eigenvalue weighted by atomic mass is 19.4. The molecule has 0 heterocycles. The van der Waals surface area contributed by atoms with E-state index in [0.29, 0.717) is 12.2 Å². The number of aliphatic hydroxyl groups excluding tert-OH is 1. The maximum atomic E-state index is 12.4. The van der Waals surface area contributed by atoms with E-state index in [1.807, 2.05) is 0 Å². The lowest BCUT2D eigenvalue weighted by atomic mass is 9.94. The molecule has 0 amide bonds. The predicted octanol–water partition coefficient (Wildman–Crippen LogP) is 3.55. The van der Waals surface area contributed by atoms with Crippen molar-refractivity contribution in [2.45, 2.75) is 38.7 Å². The molecule has 0 spiro atoms. The van der Waals surface area contributed by atoms with Crippen LogP contribution in [0.25, 0.3) is 0 Å². The minimum Gasteiger partial charge on any atom is -0.385 e. The maximum Gasteiger partial charge on any atom is 0.416 e. The van der Waals surface area contributed by atoms with Gasteiger partial charge in [-0.15, -0.1) is 0 Å². The fraction of sp³-hybridized carbons (Fsp3) is 0.538. The zero-order valence-electron chi connectivity index (χ0n) is 10.6. The topological polar surface area (TPSA) is 29.5 Å². The number of alkyl halides is 3. The number of hydrogen-bond acceptors (Lipinski definition) is 2. The van der Waals surface area contributed by atoms with Crippen LogP contribution in [-0.2, 0) is 10.9 Å². The maximum absolute atomic E-state index is 12.4. The molecule has 0 aromatic heterocycles. The van der Waals surface area contributed by atoms with Crippen molar-refractivity contribution in [3.05, 3.63) is 35.4 Å². The molecule has 1 atom stereocenters. The van der Waals surface area contributed by atoms with Gasteiger partial charge in [0.1, 0.15) is 6.10 Å². The summed E-state index contributed by atoms with van der Waals surface area (Å²) in [6.45, 7) is 5.60. The third kappa shape index (κ3) is 3.46. The summed E-state index contributed by atoms with van der Waals surface area (Å²) in [4.78, 5) is 0. The summed E-state index contributed by atoms with van der Waals surface area (Å²) in [7, 11) is 0. The van der Waals surface area contributed by atoms with Crippen LogP contribution < -0.4 is 0 Å². The first-order valence-electron chi connectivity index (χ1n) is 5.67. The van der Waals surface area contributed by atoms with E-state index in [4.69, 9.17) is 4.74 Å². The summed E-state index contributed by atoms with van der Waals surface area (Å²) in [5.74, 6) is 0. The summed E-state index contributed by atoms with van der Waals surface area (Å²) in [5, 5.41) is 10.1. The van der Waals surface area contributed by atoms with Crippen LogP contribution in [0.1, 0.15) is 38.0 Å². The molecule has 1 N–H and O–H groups in total. The van der Waals surface area contributed by atoms with Gasteiger partial charge in [0.15, 0.2) is 0 Å². The van der Waals surface area contributed by atoms with Gasteiger partial charge in [0.2, 0.25) is 0 Å². The molecule has 5 heteroatoms. The second-order valence-corrected chi connectivity index (χ2v) is 4.56. The van der Waals surface area contributed by atoms with E-state index in [-0.39, 0.29) is 0 Å². The summed E-state index contributed by atoms with van der Waals surface area (Å²) >= 11 is 0. The summed E-state index contributed by atoms with van der Waals surface area (Å²) < 4.78 is 42.5. The second-order valence-electron chi connectivity index (χ2n) is 4.56. The monoisotopic (exact) mass is 262 g/mol. The van der Waals surface area contributed by atoms with Gasteiger partial charge in [-0.1, -0.05) is 12.1 Å². The van der Waals surface area contributed by atoms with E-state index in [2.05, 4.69) is 0 Å². The minimum atomic E-state index is -4.36. The highest BCUT2D eigenvalue weighted by molar-refractivity contribution is 5.27. The van der Waals surface area contributed by atoms with Crippen molar-refractivity contribution in [3.63, 3.8) is 0 Å². The third-order valence-corrected chi connectivity index (χ3v) is 2.73. The lowest BCUT2D eigenvalue weighted by Crippen LogP contribution is -2.32.